The fraction of sp³-hybridized carbons (Fsp3) is 0.923. The molecule has 0 radical (unpaired) electrons. The molecule has 9 nitrogen and oxygen atoms in total. The van der Waals surface area contributed by atoms with Gasteiger partial charge >= 0.3 is 6.09 Å². The molecule has 3 fully saturated rings. The van der Waals surface area contributed by atoms with Crippen LogP contribution in [-0.2, 0) is 23.9 Å². The van der Waals surface area contributed by atoms with E-state index in [9.17, 15) is 18.0 Å². The standard InChI is InChI=1S/C26H47N3O6S/c1-20(29(35-36(5,32)33)25(31)34-26(2,3)4)24(30)28-18-16-27(17-19-28)23(21-12-8-6-9-13-21)22-14-10-7-11-15-22/h20-23H,6-19H2,1-5H3/t20-/m0/s1. The van der Waals surface area contributed by atoms with Gasteiger partial charge in [-0.05, 0) is 65.2 Å². The van der Waals surface area contributed by atoms with Gasteiger partial charge in [-0.2, -0.15) is 13.5 Å². The van der Waals surface area contributed by atoms with Gasteiger partial charge in [-0.3, -0.25) is 9.69 Å². The van der Waals surface area contributed by atoms with Crippen molar-refractivity contribution >= 4 is 22.1 Å². The molecular weight excluding hydrogens is 482 g/mol. The van der Waals surface area contributed by atoms with E-state index in [2.05, 4.69) is 4.90 Å². The van der Waals surface area contributed by atoms with Crippen molar-refractivity contribution in [3.8, 4) is 0 Å². The Kier molecular flexibility index (Phi) is 10.1. The zero-order valence-corrected chi connectivity index (χ0v) is 23.7. The van der Waals surface area contributed by atoms with Crippen LogP contribution in [-0.4, -0.2) is 85.4 Å². The van der Waals surface area contributed by atoms with Gasteiger partial charge in [-0.1, -0.05) is 38.5 Å². The van der Waals surface area contributed by atoms with Crippen LogP contribution >= 0.6 is 0 Å². The zero-order valence-electron chi connectivity index (χ0n) is 22.9. The highest BCUT2D eigenvalue weighted by Crippen LogP contribution is 2.38. The molecule has 2 amide bonds. The molecule has 0 aromatic rings. The van der Waals surface area contributed by atoms with Crippen molar-refractivity contribution in [2.75, 3.05) is 32.4 Å². The molecule has 1 aliphatic heterocycles. The van der Waals surface area contributed by atoms with Gasteiger partial charge in [0, 0.05) is 32.2 Å². The van der Waals surface area contributed by atoms with Crippen molar-refractivity contribution in [2.45, 2.75) is 110 Å². The van der Waals surface area contributed by atoms with E-state index in [0.29, 0.717) is 24.2 Å². The fourth-order valence-corrected chi connectivity index (χ4v) is 6.73. The number of rotatable bonds is 7. The molecular formula is C26H47N3O6S. The van der Waals surface area contributed by atoms with Crippen LogP contribution in [0.2, 0.25) is 0 Å². The summed E-state index contributed by atoms with van der Waals surface area (Å²) in [7, 11) is -4.03. The summed E-state index contributed by atoms with van der Waals surface area (Å²) in [5.41, 5.74) is -0.863. The Balaban J connectivity index is 1.66. The largest absolute Gasteiger partial charge is 0.442 e. The number of hydrogen-bond donors (Lipinski definition) is 0. The molecule has 0 spiro atoms. The Hall–Kier alpha value is -1.39. The maximum absolute atomic E-state index is 13.4. The fourth-order valence-electron chi connectivity index (χ4n) is 6.24. The Labute approximate surface area is 217 Å². The highest BCUT2D eigenvalue weighted by molar-refractivity contribution is 7.85. The average molecular weight is 530 g/mol. The first-order valence-electron chi connectivity index (χ1n) is 13.8. The molecule has 36 heavy (non-hydrogen) atoms. The molecule has 3 rings (SSSR count). The third-order valence-corrected chi connectivity index (χ3v) is 8.24. The summed E-state index contributed by atoms with van der Waals surface area (Å²) < 4.78 is 33.9. The summed E-state index contributed by atoms with van der Waals surface area (Å²) in [4.78, 5) is 30.4. The van der Waals surface area contributed by atoms with Crippen molar-refractivity contribution in [1.29, 1.82) is 0 Å². The molecule has 1 saturated heterocycles. The van der Waals surface area contributed by atoms with Crippen LogP contribution in [0, 0.1) is 11.8 Å². The van der Waals surface area contributed by atoms with E-state index in [4.69, 9.17) is 9.02 Å². The van der Waals surface area contributed by atoms with E-state index in [1.807, 2.05) is 0 Å². The second-order valence-electron chi connectivity index (χ2n) is 11.9. The Morgan fingerprint density at radius 3 is 1.75 bits per heavy atom. The molecule has 2 aliphatic carbocycles. The Morgan fingerprint density at radius 1 is 0.861 bits per heavy atom. The van der Waals surface area contributed by atoms with Crippen molar-refractivity contribution in [3.63, 3.8) is 0 Å². The third-order valence-electron chi connectivity index (χ3n) is 7.81. The molecule has 208 valence electrons. The van der Waals surface area contributed by atoms with Gasteiger partial charge in [0.05, 0.1) is 6.26 Å². The highest BCUT2D eigenvalue weighted by Gasteiger charge is 2.40. The summed E-state index contributed by atoms with van der Waals surface area (Å²) in [5, 5.41) is 0.558. The van der Waals surface area contributed by atoms with Crippen LogP contribution < -0.4 is 0 Å². The van der Waals surface area contributed by atoms with E-state index >= 15 is 0 Å². The van der Waals surface area contributed by atoms with E-state index in [0.717, 1.165) is 31.2 Å². The molecule has 0 N–H and O–H groups in total. The lowest BCUT2D eigenvalue weighted by atomic mass is 9.73. The van der Waals surface area contributed by atoms with Crippen LogP contribution in [0.25, 0.3) is 0 Å². The predicted octanol–water partition coefficient (Wildman–Crippen LogP) is 4.18. The zero-order chi connectivity index (χ0) is 26.5. The Bertz CT molecular complexity index is 820. The first-order valence-corrected chi connectivity index (χ1v) is 15.6. The molecule has 0 unspecified atom stereocenters. The van der Waals surface area contributed by atoms with Crippen molar-refractivity contribution in [3.05, 3.63) is 0 Å². The normalized spacial score (nSPS) is 22.4. The summed E-state index contributed by atoms with van der Waals surface area (Å²) in [6, 6.07) is -0.541. The highest BCUT2D eigenvalue weighted by atomic mass is 32.2. The quantitative estimate of drug-likeness (QED) is 0.457. The smallest absolute Gasteiger partial charge is 0.436 e. The topological polar surface area (TPSA) is 96.5 Å². The lowest BCUT2D eigenvalue weighted by Crippen LogP contribution is -2.59. The number of carbonyl (C=O) groups excluding carboxylic acids is 2. The molecule has 0 aromatic heterocycles. The predicted molar refractivity (Wildman–Crippen MR) is 139 cm³/mol. The average Bonchev–Trinajstić information content (AvgIpc) is 2.82. The third kappa shape index (κ3) is 8.31. The molecule has 0 bridgehead atoms. The summed E-state index contributed by atoms with van der Waals surface area (Å²) in [6.45, 7) is 9.21. The number of hydrogen-bond acceptors (Lipinski definition) is 7. The van der Waals surface area contributed by atoms with Crippen LogP contribution in [0.4, 0.5) is 4.79 Å². The van der Waals surface area contributed by atoms with Gasteiger partial charge < -0.3 is 9.64 Å². The minimum atomic E-state index is -4.03. The van der Waals surface area contributed by atoms with Gasteiger partial charge in [0.15, 0.2) is 0 Å². The van der Waals surface area contributed by atoms with Crippen molar-refractivity contribution < 1.29 is 27.0 Å². The molecule has 0 aromatic carbocycles. The second kappa shape index (κ2) is 12.4. The van der Waals surface area contributed by atoms with Gasteiger partial charge in [0.1, 0.15) is 11.6 Å². The van der Waals surface area contributed by atoms with Crippen molar-refractivity contribution in [2.24, 2.45) is 11.8 Å². The van der Waals surface area contributed by atoms with E-state index in [-0.39, 0.29) is 5.91 Å². The lowest BCUT2D eigenvalue weighted by molar-refractivity contribution is -0.151. The lowest BCUT2D eigenvalue weighted by Gasteiger charge is -2.48. The Morgan fingerprint density at radius 2 is 1.33 bits per heavy atom. The van der Waals surface area contributed by atoms with Gasteiger partial charge in [-0.15, -0.1) is 4.28 Å². The van der Waals surface area contributed by atoms with E-state index in [1.54, 1.807) is 25.7 Å². The number of hydroxylamine groups is 2. The number of piperazine rings is 1. The maximum atomic E-state index is 13.4. The van der Waals surface area contributed by atoms with Crippen LogP contribution in [0.5, 0.6) is 0 Å². The first kappa shape index (κ1) is 29.2. The van der Waals surface area contributed by atoms with E-state index in [1.165, 1.54) is 71.1 Å². The van der Waals surface area contributed by atoms with Crippen molar-refractivity contribution in [1.82, 2.24) is 14.9 Å². The summed E-state index contributed by atoms with van der Waals surface area (Å²) in [5.74, 6) is 1.15. The van der Waals surface area contributed by atoms with Gasteiger partial charge in [0.25, 0.3) is 10.1 Å². The van der Waals surface area contributed by atoms with Crippen LogP contribution in [0.15, 0.2) is 0 Å². The first-order chi connectivity index (χ1) is 16.9. The summed E-state index contributed by atoms with van der Waals surface area (Å²) >= 11 is 0. The molecule has 1 atom stereocenters. The van der Waals surface area contributed by atoms with Crippen LogP contribution in [0.1, 0.15) is 91.9 Å². The minimum absolute atomic E-state index is 0.337. The number of carbonyl (C=O) groups is 2. The second-order valence-corrected chi connectivity index (χ2v) is 13.5. The van der Waals surface area contributed by atoms with E-state index < -0.39 is 27.9 Å². The van der Waals surface area contributed by atoms with Gasteiger partial charge in [-0.25, -0.2) is 4.79 Å². The van der Waals surface area contributed by atoms with Crippen LogP contribution in [0.3, 0.4) is 0 Å². The summed E-state index contributed by atoms with van der Waals surface area (Å²) in [6.07, 6.45) is 13.1. The maximum Gasteiger partial charge on any atom is 0.436 e. The molecule has 3 aliphatic rings. The molecule has 10 heteroatoms. The SMILES string of the molecule is C[C@@H](C(=O)N1CCN(C(C2CCCCC2)C2CCCCC2)CC1)N(OS(C)(=O)=O)C(=O)OC(C)(C)C. The number of nitrogens with zero attached hydrogens (tertiary/aromatic N) is 3. The number of ether oxygens (including phenoxy) is 1. The molecule has 1 heterocycles. The minimum Gasteiger partial charge on any atom is -0.442 e. The number of amides is 2. The monoisotopic (exact) mass is 529 g/mol. The molecule has 2 saturated carbocycles. The van der Waals surface area contributed by atoms with Gasteiger partial charge in [0.2, 0.25) is 5.91 Å².